The van der Waals surface area contributed by atoms with Crippen molar-refractivity contribution < 1.29 is 32.9 Å². The van der Waals surface area contributed by atoms with Crippen LogP contribution in [0, 0.1) is 0 Å². The molecule has 45 heavy (non-hydrogen) atoms. The first kappa shape index (κ1) is 30.2. The van der Waals surface area contributed by atoms with E-state index < -0.39 is 47.4 Å². The number of carbonyl (C=O) groups is 3. The lowest BCUT2D eigenvalue weighted by Crippen LogP contribution is -2.70. The second kappa shape index (κ2) is 11.9. The number of ether oxygens (including phenoxy) is 1. The molecular formula is C31H28BF2N5O5S. The van der Waals surface area contributed by atoms with Gasteiger partial charge in [-0.1, -0.05) is 18.2 Å². The number of β-lactam (4-membered cyclic amide) rings is 1. The highest BCUT2D eigenvalue weighted by atomic mass is 32.2. The van der Waals surface area contributed by atoms with E-state index in [4.69, 9.17) is 4.74 Å². The minimum atomic E-state index is -2.72. The number of aromatic nitrogens is 2. The van der Waals surface area contributed by atoms with Crippen molar-refractivity contribution in [3.8, 4) is 17.1 Å². The number of carboxylic acid groups (broad SMARTS) is 1. The van der Waals surface area contributed by atoms with Crippen LogP contribution in [0.5, 0.6) is 5.75 Å². The second-order valence-electron chi connectivity index (χ2n) is 11.1. The van der Waals surface area contributed by atoms with Gasteiger partial charge in [-0.05, 0) is 80.1 Å². The number of allylic oxidation sites excluding steroid dienone is 3. The van der Waals surface area contributed by atoms with Gasteiger partial charge in [-0.25, -0.2) is 9.79 Å². The summed E-state index contributed by atoms with van der Waals surface area (Å²) < 4.78 is 33.6. The summed E-state index contributed by atoms with van der Waals surface area (Å²) in [6.07, 6.45) is 10.5. The summed E-state index contributed by atoms with van der Waals surface area (Å²) >= 11 is 1.36. The minimum Gasteiger partial charge on any atom is -0.484 e. The zero-order chi connectivity index (χ0) is 31.9. The number of benzene rings is 1. The quantitative estimate of drug-likeness (QED) is 0.226. The lowest BCUT2D eigenvalue weighted by atomic mass is 9.96. The smallest absolute Gasteiger partial charge is 0.484 e. The monoisotopic (exact) mass is 631 g/mol. The Bertz CT molecular complexity index is 1760. The Kier molecular flexibility index (Phi) is 8.00. The predicted molar refractivity (Wildman–Crippen MR) is 169 cm³/mol. The molecule has 0 aliphatic carbocycles. The number of H-pyrrole nitrogens is 1. The van der Waals surface area contributed by atoms with Gasteiger partial charge < -0.3 is 29.5 Å². The number of carbonyl (C=O) groups excluding carboxylic acids is 2. The number of carboxylic acids is 1. The van der Waals surface area contributed by atoms with Gasteiger partial charge in [-0.2, -0.15) is 0 Å². The van der Waals surface area contributed by atoms with Crippen LogP contribution in [0.25, 0.3) is 23.5 Å². The van der Waals surface area contributed by atoms with Crippen LogP contribution in [0.4, 0.5) is 8.63 Å². The van der Waals surface area contributed by atoms with Gasteiger partial charge in [-0.15, -0.1) is 11.8 Å². The van der Waals surface area contributed by atoms with Crippen LogP contribution in [0.1, 0.15) is 25.1 Å². The van der Waals surface area contributed by atoms with Gasteiger partial charge in [0.15, 0.2) is 6.61 Å². The highest BCUT2D eigenvalue weighted by molar-refractivity contribution is 8.01. The fourth-order valence-electron chi connectivity index (χ4n) is 5.59. The first-order valence-electron chi connectivity index (χ1n) is 14.1. The molecule has 3 aromatic rings. The highest BCUT2D eigenvalue weighted by Crippen LogP contribution is 2.50. The lowest BCUT2D eigenvalue weighted by Gasteiger charge is -2.43. The fraction of sp³-hybridized carbons (Fsp3) is 0.226. The molecule has 230 valence electrons. The summed E-state index contributed by atoms with van der Waals surface area (Å²) in [6.45, 7) is 3.24. The number of hydrogen-bond acceptors (Lipinski definition) is 6. The maximum absolute atomic E-state index is 13.9. The summed E-state index contributed by atoms with van der Waals surface area (Å²) in [6, 6.07) is 12.0. The van der Waals surface area contributed by atoms with E-state index in [9.17, 15) is 28.1 Å². The van der Waals surface area contributed by atoms with Crippen LogP contribution in [0.15, 0.2) is 83.6 Å². The molecule has 2 saturated heterocycles. The first-order chi connectivity index (χ1) is 21.5. The Hall–Kier alpha value is -4.85. The third kappa shape index (κ3) is 5.97. The van der Waals surface area contributed by atoms with E-state index in [1.807, 2.05) is 6.08 Å². The average molecular weight is 631 g/mol. The third-order valence-electron chi connectivity index (χ3n) is 7.69. The zero-order valence-electron chi connectivity index (χ0n) is 24.2. The molecule has 3 atom stereocenters. The highest BCUT2D eigenvalue weighted by Gasteiger charge is 2.64. The van der Waals surface area contributed by atoms with Crippen LogP contribution < -0.4 is 10.1 Å². The van der Waals surface area contributed by atoms with Crippen molar-refractivity contribution in [3.05, 3.63) is 89.9 Å². The molecule has 10 nitrogen and oxygen atoms in total. The predicted octanol–water partition coefficient (Wildman–Crippen LogP) is 4.33. The molecule has 0 unspecified atom stereocenters. The van der Waals surface area contributed by atoms with Crippen LogP contribution >= 0.6 is 11.8 Å². The molecule has 3 aliphatic rings. The Balaban J connectivity index is 1.02. The molecule has 0 bridgehead atoms. The first-order valence-corrected chi connectivity index (χ1v) is 14.9. The Morgan fingerprint density at radius 3 is 2.62 bits per heavy atom. The van der Waals surface area contributed by atoms with E-state index in [0.29, 0.717) is 34.2 Å². The van der Waals surface area contributed by atoms with Gasteiger partial charge in [0.05, 0.1) is 22.8 Å². The fourth-order valence-corrected chi connectivity index (χ4v) is 7.22. The molecule has 1 aromatic carbocycles. The molecule has 6 rings (SSSR count). The van der Waals surface area contributed by atoms with E-state index in [-0.39, 0.29) is 6.61 Å². The van der Waals surface area contributed by atoms with Gasteiger partial charge in [0.25, 0.3) is 5.91 Å². The number of nitrogens with zero attached hydrogens (tertiary/aromatic N) is 3. The van der Waals surface area contributed by atoms with Gasteiger partial charge in [0.2, 0.25) is 5.91 Å². The van der Waals surface area contributed by atoms with Crippen molar-refractivity contribution in [1.29, 1.82) is 0 Å². The molecule has 2 fully saturated rings. The van der Waals surface area contributed by atoms with E-state index in [2.05, 4.69) is 15.3 Å². The Labute approximate surface area is 261 Å². The van der Waals surface area contributed by atoms with Crippen molar-refractivity contribution in [2.45, 2.75) is 36.1 Å². The van der Waals surface area contributed by atoms with Gasteiger partial charge in [0, 0.05) is 16.6 Å². The zero-order valence-corrected chi connectivity index (χ0v) is 25.0. The number of aliphatic imine (C=N–C) groups is 1. The topological polar surface area (TPSA) is 129 Å². The Morgan fingerprint density at radius 2 is 1.93 bits per heavy atom. The van der Waals surface area contributed by atoms with Crippen LogP contribution in [0.3, 0.4) is 0 Å². The van der Waals surface area contributed by atoms with Gasteiger partial charge in [-0.3, -0.25) is 18.2 Å². The lowest BCUT2D eigenvalue weighted by molar-refractivity contribution is -0.161. The van der Waals surface area contributed by atoms with Crippen molar-refractivity contribution in [1.82, 2.24) is 19.7 Å². The average Bonchev–Trinajstić information content (AvgIpc) is 3.80. The molecule has 0 radical (unpaired) electrons. The second-order valence-corrected chi connectivity index (χ2v) is 12.9. The van der Waals surface area contributed by atoms with E-state index in [0.717, 1.165) is 10.0 Å². The number of halogens is 2. The van der Waals surface area contributed by atoms with Crippen LogP contribution in [-0.2, 0) is 14.4 Å². The summed E-state index contributed by atoms with van der Waals surface area (Å²) in [5.41, 5.74) is 3.36. The van der Waals surface area contributed by atoms with Crippen molar-refractivity contribution in [2.24, 2.45) is 4.99 Å². The molecule has 3 aliphatic heterocycles. The third-order valence-corrected chi connectivity index (χ3v) is 9.26. The number of aromatic amines is 1. The summed E-state index contributed by atoms with van der Waals surface area (Å²) in [4.78, 5) is 45.5. The number of amides is 2. The summed E-state index contributed by atoms with van der Waals surface area (Å²) in [5, 5.41) is 11.8. The summed E-state index contributed by atoms with van der Waals surface area (Å²) in [5.74, 6) is -1.51. The molecule has 0 saturated carbocycles. The number of rotatable bonds is 10. The SMILES string of the molecule is CC1(C)S[C@@H]2[C@H](NC(=O)COc3ccc(/C=C/C4=NC(=C/c5ccc(-c6ccc[nH]6)n5B(F)F)/C=C4)cc3)C(=O)N2[C@H]1C(=O)O. The number of aliphatic carboxylic acids is 1. The van der Waals surface area contributed by atoms with Crippen molar-refractivity contribution >= 4 is 54.8 Å². The van der Waals surface area contributed by atoms with Gasteiger partial charge in [0.1, 0.15) is 23.2 Å². The van der Waals surface area contributed by atoms with Crippen LogP contribution in [-0.4, -0.2) is 79.2 Å². The molecule has 3 N–H and O–H groups in total. The molecule has 0 spiro atoms. The van der Waals surface area contributed by atoms with E-state index in [1.54, 1.807) is 92.9 Å². The number of hydrogen-bond donors (Lipinski definition) is 3. The minimum absolute atomic E-state index is 0.305. The maximum Gasteiger partial charge on any atom is 0.678 e. The van der Waals surface area contributed by atoms with Gasteiger partial charge >= 0.3 is 13.4 Å². The van der Waals surface area contributed by atoms with E-state index in [1.165, 1.54) is 16.7 Å². The standard InChI is InChI=1S/C31H28BF2N5O5S/c1-31(2)27(30(42)43)38-28(41)26(29(38)45-31)37-25(40)17-44-22-12-6-18(7-13-22)5-8-19-9-10-20(36-19)16-21-11-14-24(39(21)32(33)34)23-4-3-15-35-23/h3-16,26-27,29,35H,17H2,1-2H3,(H,37,40)(H,42,43)/b8-5+,20-16+/t26-,27+,29-/m1/s1. The van der Waals surface area contributed by atoms with Crippen LogP contribution in [0.2, 0.25) is 0 Å². The Morgan fingerprint density at radius 1 is 1.16 bits per heavy atom. The molecule has 2 aromatic heterocycles. The molecular weight excluding hydrogens is 603 g/mol. The molecule has 5 heterocycles. The number of thioether (sulfide) groups is 1. The van der Waals surface area contributed by atoms with Crippen molar-refractivity contribution in [2.75, 3.05) is 6.61 Å². The molecule has 14 heteroatoms. The van der Waals surface area contributed by atoms with E-state index >= 15 is 0 Å². The number of nitrogens with one attached hydrogen (secondary N) is 2. The largest absolute Gasteiger partial charge is 0.678 e. The molecule has 2 amide bonds. The normalized spacial score (nSPS) is 22.4. The number of fused-ring (bicyclic) bond motifs is 1. The maximum atomic E-state index is 13.9. The van der Waals surface area contributed by atoms with Crippen molar-refractivity contribution in [3.63, 3.8) is 0 Å². The summed E-state index contributed by atoms with van der Waals surface area (Å²) in [7, 11) is -2.72.